The first-order valence-corrected chi connectivity index (χ1v) is 11.8. The molecule has 6 nitrogen and oxygen atoms in total. The van der Waals surface area contributed by atoms with Crippen LogP contribution in [0.25, 0.3) is 5.57 Å². The number of rotatable bonds is 4. The fraction of sp³-hybridized carbons (Fsp3) is 0.348. The summed E-state index contributed by atoms with van der Waals surface area (Å²) in [5.74, 6) is -0.220. The van der Waals surface area contributed by atoms with E-state index < -0.39 is 11.9 Å². The Balaban J connectivity index is 1.32. The van der Waals surface area contributed by atoms with Crippen molar-refractivity contribution in [3.63, 3.8) is 0 Å². The summed E-state index contributed by atoms with van der Waals surface area (Å²) in [6.45, 7) is 1.11. The summed E-state index contributed by atoms with van der Waals surface area (Å²) in [6, 6.07) is 6.58. The molecule has 1 N–H and O–H groups in total. The standard InChI is InChI=1S/C23H22ClFN4O2S/c24-18-10-14(5-6-19(18)25)17-7-8-28(12-20(17)30)22-26-13-29(23(31)27-22)11-16-9-15-3-1-2-4-21(15)32-16/h5-7,9-10,13,20,30H,1-4,8,11-12H2/t20-/m0/s1. The Morgan fingerprint density at radius 1 is 1.25 bits per heavy atom. The fourth-order valence-corrected chi connectivity index (χ4v) is 5.72. The highest BCUT2D eigenvalue weighted by atomic mass is 35.5. The van der Waals surface area contributed by atoms with Crippen LogP contribution in [0.4, 0.5) is 10.3 Å². The van der Waals surface area contributed by atoms with Crippen molar-refractivity contribution in [2.45, 2.75) is 38.3 Å². The Morgan fingerprint density at radius 2 is 2.09 bits per heavy atom. The van der Waals surface area contributed by atoms with E-state index in [0.717, 1.165) is 17.7 Å². The molecule has 0 saturated heterocycles. The van der Waals surface area contributed by atoms with Gasteiger partial charge in [0.25, 0.3) is 0 Å². The van der Waals surface area contributed by atoms with Crippen molar-refractivity contribution in [3.8, 4) is 0 Å². The highest BCUT2D eigenvalue weighted by Gasteiger charge is 2.24. The van der Waals surface area contributed by atoms with Crippen molar-refractivity contribution in [1.82, 2.24) is 14.5 Å². The van der Waals surface area contributed by atoms with E-state index in [1.807, 2.05) is 6.08 Å². The van der Waals surface area contributed by atoms with Crippen molar-refractivity contribution in [3.05, 3.63) is 78.9 Å². The number of halogens is 2. The van der Waals surface area contributed by atoms with Crippen molar-refractivity contribution >= 4 is 34.5 Å². The zero-order valence-electron chi connectivity index (χ0n) is 17.3. The third-order valence-corrected chi connectivity index (χ3v) is 7.46. The Bertz CT molecular complexity index is 1230. The molecule has 1 aromatic carbocycles. The van der Waals surface area contributed by atoms with Crippen LogP contribution in [0.1, 0.15) is 33.7 Å². The van der Waals surface area contributed by atoms with Crippen molar-refractivity contribution in [1.29, 1.82) is 0 Å². The minimum absolute atomic E-state index is 0.0107. The van der Waals surface area contributed by atoms with E-state index in [9.17, 15) is 14.3 Å². The number of β-amino-alcohol motifs (C(OH)–C–C–N with tert-alkyl or cyclic N) is 1. The molecule has 1 aliphatic heterocycles. The van der Waals surface area contributed by atoms with Crippen LogP contribution >= 0.6 is 22.9 Å². The molecule has 9 heteroatoms. The highest BCUT2D eigenvalue weighted by molar-refractivity contribution is 7.12. The molecule has 0 saturated carbocycles. The van der Waals surface area contributed by atoms with Gasteiger partial charge in [-0.1, -0.05) is 23.7 Å². The van der Waals surface area contributed by atoms with Crippen LogP contribution in [-0.2, 0) is 19.4 Å². The predicted octanol–water partition coefficient (Wildman–Crippen LogP) is 3.68. The summed E-state index contributed by atoms with van der Waals surface area (Å²) in [5, 5.41) is 10.6. The van der Waals surface area contributed by atoms with E-state index in [1.54, 1.807) is 22.3 Å². The van der Waals surface area contributed by atoms with Gasteiger partial charge in [0.05, 0.1) is 24.2 Å². The number of benzene rings is 1. The van der Waals surface area contributed by atoms with Crippen LogP contribution in [0.3, 0.4) is 0 Å². The molecule has 5 rings (SSSR count). The van der Waals surface area contributed by atoms with Gasteiger partial charge in [0, 0.05) is 16.3 Å². The van der Waals surface area contributed by atoms with Crippen LogP contribution < -0.4 is 10.6 Å². The molecule has 2 aliphatic rings. The number of anilines is 1. The summed E-state index contributed by atoms with van der Waals surface area (Å²) >= 11 is 7.65. The number of thiophene rings is 1. The zero-order chi connectivity index (χ0) is 22.2. The summed E-state index contributed by atoms with van der Waals surface area (Å²) < 4.78 is 15.0. The first-order chi connectivity index (χ1) is 15.5. The molecule has 1 atom stereocenters. The molecule has 0 spiro atoms. The number of nitrogens with zero attached hydrogens (tertiary/aromatic N) is 4. The van der Waals surface area contributed by atoms with Crippen molar-refractivity contribution in [2.24, 2.45) is 0 Å². The lowest BCUT2D eigenvalue weighted by Crippen LogP contribution is -2.40. The maximum absolute atomic E-state index is 13.4. The molecule has 0 amide bonds. The third-order valence-electron chi connectivity index (χ3n) is 5.95. The summed E-state index contributed by atoms with van der Waals surface area (Å²) in [4.78, 5) is 25.5. The first-order valence-electron chi connectivity index (χ1n) is 10.6. The maximum atomic E-state index is 13.4. The SMILES string of the molecule is O=c1nc(N2CC=C(c3ccc(F)c(Cl)c3)[C@@H](O)C2)ncn1Cc1cc2c(s1)CCCC2. The number of aromatic nitrogens is 3. The first kappa shape index (κ1) is 21.3. The monoisotopic (exact) mass is 472 g/mol. The number of aryl methyl sites for hydroxylation is 2. The molecular weight excluding hydrogens is 451 g/mol. The van der Waals surface area contributed by atoms with Gasteiger partial charge in [-0.25, -0.2) is 14.2 Å². The average molecular weight is 473 g/mol. The number of fused-ring (bicyclic) bond motifs is 1. The lowest BCUT2D eigenvalue weighted by molar-refractivity contribution is 0.233. The van der Waals surface area contributed by atoms with Gasteiger partial charge in [-0.15, -0.1) is 11.3 Å². The van der Waals surface area contributed by atoms with Crippen LogP contribution in [0.2, 0.25) is 5.02 Å². The highest BCUT2D eigenvalue weighted by Crippen LogP contribution is 2.30. The van der Waals surface area contributed by atoms with E-state index in [2.05, 4.69) is 16.0 Å². The minimum Gasteiger partial charge on any atom is -0.387 e. The van der Waals surface area contributed by atoms with Gasteiger partial charge in [0.15, 0.2) is 0 Å². The molecule has 2 aromatic heterocycles. The van der Waals surface area contributed by atoms with Gasteiger partial charge in [0.2, 0.25) is 5.95 Å². The lowest BCUT2D eigenvalue weighted by Gasteiger charge is -2.30. The number of hydrogen-bond acceptors (Lipinski definition) is 6. The van der Waals surface area contributed by atoms with E-state index in [4.69, 9.17) is 11.6 Å². The molecule has 0 bridgehead atoms. The number of aliphatic hydroxyl groups is 1. The van der Waals surface area contributed by atoms with Gasteiger partial charge < -0.3 is 10.0 Å². The topological polar surface area (TPSA) is 71.2 Å². The quantitative estimate of drug-likeness (QED) is 0.627. The smallest absolute Gasteiger partial charge is 0.352 e. The molecule has 0 radical (unpaired) electrons. The van der Waals surface area contributed by atoms with Crippen LogP contribution in [0.5, 0.6) is 0 Å². The predicted molar refractivity (Wildman–Crippen MR) is 124 cm³/mol. The maximum Gasteiger partial charge on any atom is 0.352 e. The average Bonchev–Trinajstić information content (AvgIpc) is 3.19. The van der Waals surface area contributed by atoms with E-state index >= 15 is 0 Å². The molecular formula is C23H22ClFN4O2S. The minimum atomic E-state index is -0.839. The lowest BCUT2D eigenvalue weighted by atomic mass is 9.97. The van der Waals surface area contributed by atoms with E-state index in [1.165, 1.54) is 46.3 Å². The number of hydrogen-bond donors (Lipinski definition) is 1. The molecule has 166 valence electrons. The molecule has 0 fully saturated rings. The van der Waals surface area contributed by atoms with Gasteiger partial charge in [-0.3, -0.25) is 4.57 Å². The summed E-state index contributed by atoms with van der Waals surface area (Å²) in [6.07, 6.45) is 7.21. The van der Waals surface area contributed by atoms with Crippen LogP contribution in [0, 0.1) is 5.82 Å². The molecule has 1 aliphatic carbocycles. The second kappa shape index (κ2) is 8.77. The third kappa shape index (κ3) is 4.22. The Morgan fingerprint density at radius 3 is 2.84 bits per heavy atom. The second-order valence-corrected chi connectivity index (χ2v) is 9.77. The molecule has 3 heterocycles. The van der Waals surface area contributed by atoms with Gasteiger partial charge >= 0.3 is 5.69 Å². The summed E-state index contributed by atoms with van der Waals surface area (Å²) in [5.41, 5.74) is 2.38. The van der Waals surface area contributed by atoms with Crippen molar-refractivity contribution < 1.29 is 9.50 Å². The largest absolute Gasteiger partial charge is 0.387 e. The van der Waals surface area contributed by atoms with Crippen molar-refractivity contribution in [2.75, 3.05) is 18.0 Å². The fourth-order valence-electron chi connectivity index (χ4n) is 4.28. The van der Waals surface area contributed by atoms with E-state index in [0.29, 0.717) is 24.2 Å². The van der Waals surface area contributed by atoms with Crippen LogP contribution in [-0.4, -0.2) is 38.8 Å². The van der Waals surface area contributed by atoms with E-state index in [-0.39, 0.29) is 23.2 Å². The van der Waals surface area contributed by atoms with Gasteiger partial charge in [0.1, 0.15) is 12.1 Å². The Hall–Kier alpha value is -2.55. The molecule has 0 unspecified atom stereocenters. The van der Waals surface area contributed by atoms with Crippen LogP contribution in [0.15, 0.2) is 41.5 Å². The second-order valence-electron chi connectivity index (χ2n) is 8.14. The normalized spacial score (nSPS) is 18.4. The van der Waals surface area contributed by atoms with Gasteiger partial charge in [-0.05, 0) is 60.6 Å². The van der Waals surface area contributed by atoms with Gasteiger partial charge in [-0.2, -0.15) is 4.98 Å². The molecule has 3 aromatic rings. The molecule has 32 heavy (non-hydrogen) atoms. The Kier molecular flexibility index (Phi) is 5.84. The zero-order valence-corrected chi connectivity index (χ0v) is 18.9. The number of aliphatic hydroxyl groups excluding tert-OH is 1. The Labute approximate surface area is 193 Å². The summed E-state index contributed by atoms with van der Waals surface area (Å²) in [7, 11) is 0.